The molecular formula is C19H20FN7O. The van der Waals surface area contributed by atoms with Crippen LogP contribution in [0.25, 0.3) is 11.2 Å². The van der Waals surface area contributed by atoms with E-state index in [1.54, 1.807) is 19.3 Å². The summed E-state index contributed by atoms with van der Waals surface area (Å²) >= 11 is 0. The molecule has 1 aromatic carbocycles. The van der Waals surface area contributed by atoms with Crippen LogP contribution in [0.3, 0.4) is 0 Å². The molecular weight excluding hydrogens is 361 g/mol. The molecule has 0 saturated carbocycles. The predicted octanol–water partition coefficient (Wildman–Crippen LogP) is 1.73. The van der Waals surface area contributed by atoms with E-state index in [9.17, 15) is 9.18 Å². The third kappa shape index (κ3) is 2.57. The van der Waals surface area contributed by atoms with Gasteiger partial charge in [0.1, 0.15) is 11.3 Å². The average Bonchev–Trinajstić information content (AvgIpc) is 3.34. The van der Waals surface area contributed by atoms with Gasteiger partial charge in [-0.2, -0.15) is 9.97 Å². The standard InChI is InChI=1S/C19H20FN7O/c1-10(28)27-7-12-6-26(18-15-17(23-9-22-15)24-19(21)25-18)8-14(12)16(27)11-3-2-4-13(20)5-11/h2-5,9,12,14,16H,6-8H2,1H3,(H3,21,22,23,24,25)/t12-,14-,16+/m1/s1. The maximum absolute atomic E-state index is 13.9. The Morgan fingerprint density at radius 2 is 2.14 bits per heavy atom. The molecule has 28 heavy (non-hydrogen) atoms. The number of H-pyrrole nitrogens is 1. The summed E-state index contributed by atoms with van der Waals surface area (Å²) in [6.45, 7) is 3.65. The molecule has 9 heteroatoms. The minimum atomic E-state index is -0.290. The molecule has 0 radical (unpaired) electrons. The van der Waals surface area contributed by atoms with Crippen LogP contribution in [0.15, 0.2) is 30.6 Å². The number of carbonyl (C=O) groups is 1. The summed E-state index contributed by atoms with van der Waals surface area (Å²) in [5, 5.41) is 0. The molecule has 0 aliphatic carbocycles. The Morgan fingerprint density at radius 3 is 2.93 bits per heavy atom. The fourth-order valence-electron chi connectivity index (χ4n) is 4.72. The maximum atomic E-state index is 13.9. The zero-order valence-corrected chi connectivity index (χ0v) is 15.3. The van der Waals surface area contributed by atoms with Crippen molar-refractivity contribution in [2.24, 2.45) is 11.8 Å². The van der Waals surface area contributed by atoms with Gasteiger partial charge in [0.05, 0.1) is 12.4 Å². The molecule has 2 aromatic heterocycles. The SMILES string of the molecule is CC(=O)N1C[C@H]2CN(c3nc(N)nc4nc[nH]c34)C[C@H]2[C@@H]1c1cccc(F)c1. The number of fused-ring (bicyclic) bond motifs is 2. The van der Waals surface area contributed by atoms with Gasteiger partial charge in [0.2, 0.25) is 11.9 Å². The van der Waals surface area contributed by atoms with Gasteiger partial charge >= 0.3 is 0 Å². The number of benzene rings is 1. The number of nitrogens with two attached hydrogens (primary N) is 1. The van der Waals surface area contributed by atoms with Crippen molar-refractivity contribution in [3.8, 4) is 0 Å². The molecule has 3 atom stereocenters. The Bertz CT molecular complexity index is 1070. The number of nitrogens with one attached hydrogen (secondary N) is 1. The van der Waals surface area contributed by atoms with Gasteiger partial charge in [-0.25, -0.2) is 9.37 Å². The Labute approximate surface area is 160 Å². The number of aromatic nitrogens is 4. The zero-order chi connectivity index (χ0) is 19.4. The number of carbonyl (C=O) groups excluding carboxylic acids is 1. The van der Waals surface area contributed by atoms with Crippen molar-refractivity contribution in [1.29, 1.82) is 0 Å². The summed E-state index contributed by atoms with van der Waals surface area (Å²) in [7, 11) is 0. The van der Waals surface area contributed by atoms with Crippen LogP contribution >= 0.6 is 0 Å². The van der Waals surface area contributed by atoms with E-state index in [-0.39, 0.29) is 35.6 Å². The first-order valence-electron chi connectivity index (χ1n) is 9.25. The lowest BCUT2D eigenvalue weighted by atomic mass is 9.89. The molecule has 0 unspecified atom stereocenters. The van der Waals surface area contributed by atoms with Gasteiger partial charge in [0.25, 0.3) is 0 Å². The van der Waals surface area contributed by atoms with Crippen LogP contribution in [0.1, 0.15) is 18.5 Å². The summed E-state index contributed by atoms with van der Waals surface area (Å²) in [5.41, 5.74) is 7.98. The summed E-state index contributed by atoms with van der Waals surface area (Å²) in [6.07, 6.45) is 1.58. The Morgan fingerprint density at radius 1 is 1.29 bits per heavy atom. The summed E-state index contributed by atoms with van der Waals surface area (Å²) in [6, 6.07) is 6.39. The minimum absolute atomic E-state index is 0.0115. The minimum Gasteiger partial charge on any atom is -0.368 e. The Balaban J connectivity index is 1.51. The van der Waals surface area contributed by atoms with E-state index < -0.39 is 0 Å². The summed E-state index contributed by atoms with van der Waals surface area (Å²) < 4.78 is 13.9. The Kier molecular flexibility index (Phi) is 3.71. The number of rotatable bonds is 2. The monoisotopic (exact) mass is 381 g/mol. The van der Waals surface area contributed by atoms with Gasteiger partial charge in [0, 0.05) is 38.4 Å². The first kappa shape index (κ1) is 16.9. The third-order valence-corrected chi connectivity index (χ3v) is 5.84. The fraction of sp³-hybridized carbons (Fsp3) is 0.368. The molecule has 5 rings (SSSR count). The second kappa shape index (κ2) is 6.15. The van der Waals surface area contributed by atoms with E-state index in [1.807, 2.05) is 11.0 Å². The molecule has 0 spiro atoms. The highest BCUT2D eigenvalue weighted by molar-refractivity contribution is 5.84. The fourth-order valence-corrected chi connectivity index (χ4v) is 4.72. The largest absolute Gasteiger partial charge is 0.368 e. The molecule has 2 aliphatic heterocycles. The molecule has 2 saturated heterocycles. The van der Waals surface area contributed by atoms with Gasteiger partial charge in [-0.3, -0.25) is 4.79 Å². The smallest absolute Gasteiger partial charge is 0.224 e. The number of nitrogens with zero attached hydrogens (tertiary/aromatic N) is 5. The van der Waals surface area contributed by atoms with Crippen LogP contribution in [0.4, 0.5) is 16.2 Å². The van der Waals surface area contributed by atoms with Crippen molar-refractivity contribution in [1.82, 2.24) is 24.8 Å². The number of amides is 1. The van der Waals surface area contributed by atoms with Gasteiger partial charge in [0.15, 0.2) is 11.5 Å². The van der Waals surface area contributed by atoms with Gasteiger partial charge in [-0.1, -0.05) is 12.1 Å². The van der Waals surface area contributed by atoms with E-state index >= 15 is 0 Å². The van der Waals surface area contributed by atoms with Crippen molar-refractivity contribution in [3.63, 3.8) is 0 Å². The van der Waals surface area contributed by atoms with Gasteiger partial charge in [-0.15, -0.1) is 0 Å². The third-order valence-electron chi connectivity index (χ3n) is 5.84. The van der Waals surface area contributed by atoms with E-state index in [4.69, 9.17) is 5.73 Å². The lowest BCUT2D eigenvalue weighted by Gasteiger charge is -2.29. The number of nitrogen functional groups attached to an aromatic ring is 1. The van der Waals surface area contributed by atoms with E-state index in [2.05, 4.69) is 24.8 Å². The summed E-state index contributed by atoms with van der Waals surface area (Å²) in [4.78, 5) is 32.1. The maximum Gasteiger partial charge on any atom is 0.224 e. The van der Waals surface area contributed by atoms with Crippen molar-refractivity contribution < 1.29 is 9.18 Å². The zero-order valence-electron chi connectivity index (χ0n) is 15.3. The van der Waals surface area contributed by atoms with Crippen molar-refractivity contribution in [3.05, 3.63) is 42.0 Å². The second-order valence-corrected chi connectivity index (χ2v) is 7.51. The van der Waals surface area contributed by atoms with Crippen LogP contribution in [0.5, 0.6) is 0 Å². The summed E-state index contributed by atoms with van der Waals surface area (Å²) in [5.74, 6) is 1.08. The van der Waals surface area contributed by atoms with Crippen LogP contribution in [-0.4, -0.2) is 50.4 Å². The van der Waals surface area contributed by atoms with Crippen molar-refractivity contribution >= 4 is 28.8 Å². The normalized spacial score (nSPS) is 24.1. The number of likely N-dealkylation sites (tertiary alicyclic amines) is 1. The highest BCUT2D eigenvalue weighted by atomic mass is 19.1. The molecule has 144 valence electrons. The van der Waals surface area contributed by atoms with Crippen molar-refractivity contribution in [2.45, 2.75) is 13.0 Å². The number of hydrogen-bond donors (Lipinski definition) is 2. The van der Waals surface area contributed by atoms with E-state index in [0.29, 0.717) is 18.7 Å². The molecule has 4 heterocycles. The van der Waals surface area contributed by atoms with Gasteiger partial charge < -0.3 is 20.5 Å². The van der Waals surface area contributed by atoms with E-state index in [1.165, 1.54) is 12.1 Å². The number of halogens is 1. The number of aromatic amines is 1. The molecule has 3 N–H and O–H groups in total. The van der Waals surface area contributed by atoms with Crippen LogP contribution in [-0.2, 0) is 4.79 Å². The average molecular weight is 381 g/mol. The van der Waals surface area contributed by atoms with Crippen LogP contribution < -0.4 is 10.6 Å². The number of anilines is 2. The second-order valence-electron chi connectivity index (χ2n) is 7.51. The highest BCUT2D eigenvalue weighted by Gasteiger charge is 2.49. The molecule has 2 aliphatic rings. The molecule has 8 nitrogen and oxygen atoms in total. The quantitative estimate of drug-likeness (QED) is 0.701. The Hall–Kier alpha value is -3.23. The van der Waals surface area contributed by atoms with Crippen molar-refractivity contribution in [2.75, 3.05) is 30.3 Å². The lowest BCUT2D eigenvalue weighted by Crippen LogP contribution is -2.34. The first-order valence-corrected chi connectivity index (χ1v) is 9.25. The predicted molar refractivity (Wildman–Crippen MR) is 102 cm³/mol. The number of imidazole rings is 1. The molecule has 1 amide bonds. The molecule has 3 aromatic rings. The number of hydrogen-bond acceptors (Lipinski definition) is 6. The lowest BCUT2D eigenvalue weighted by molar-refractivity contribution is -0.130. The van der Waals surface area contributed by atoms with E-state index in [0.717, 1.165) is 23.4 Å². The molecule has 0 bridgehead atoms. The highest BCUT2D eigenvalue weighted by Crippen LogP contribution is 2.46. The topological polar surface area (TPSA) is 104 Å². The van der Waals surface area contributed by atoms with Crippen LogP contribution in [0, 0.1) is 17.7 Å². The van der Waals surface area contributed by atoms with Gasteiger partial charge in [-0.05, 0) is 17.7 Å². The molecule has 2 fully saturated rings. The first-order chi connectivity index (χ1) is 13.5. The van der Waals surface area contributed by atoms with Crippen LogP contribution in [0.2, 0.25) is 0 Å².